The van der Waals surface area contributed by atoms with Gasteiger partial charge in [0.05, 0.1) is 18.7 Å². The Labute approximate surface area is 192 Å². The minimum Gasteiger partial charge on any atom is -0.497 e. The lowest BCUT2D eigenvalue weighted by Crippen LogP contribution is -2.37. The first-order valence-corrected chi connectivity index (χ1v) is 12.5. The molecule has 0 saturated carbocycles. The highest BCUT2D eigenvalue weighted by atomic mass is 32.2. The first kappa shape index (κ1) is 21.9. The summed E-state index contributed by atoms with van der Waals surface area (Å²) < 4.78 is 5.31. The summed E-state index contributed by atoms with van der Waals surface area (Å²) in [7, 11) is 1.68. The largest absolute Gasteiger partial charge is 0.497 e. The molecule has 3 aromatic rings. The smallest absolute Gasteiger partial charge is 0.252 e. The zero-order valence-corrected chi connectivity index (χ0v) is 19.4. The number of thiophene rings is 1. The van der Waals surface area contributed by atoms with Gasteiger partial charge in [-0.2, -0.15) is 0 Å². The Hall–Kier alpha value is -2.28. The summed E-state index contributed by atoms with van der Waals surface area (Å²) >= 11 is 3.47. The minimum atomic E-state index is -0.00742. The summed E-state index contributed by atoms with van der Waals surface area (Å²) in [5.74, 6) is 1.72. The molecule has 2 aromatic carbocycles. The van der Waals surface area contributed by atoms with Crippen molar-refractivity contribution in [3.63, 3.8) is 0 Å². The topological polar surface area (TPSA) is 41.6 Å². The van der Waals surface area contributed by atoms with Crippen molar-refractivity contribution in [1.82, 2.24) is 10.2 Å². The molecule has 1 fully saturated rings. The van der Waals surface area contributed by atoms with Crippen LogP contribution in [-0.2, 0) is 5.75 Å². The molecule has 0 unspecified atom stereocenters. The first-order chi connectivity index (χ1) is 15.2. The second-order valence-electron chi connectivity index (χ2n) is 7.61. The number of nitrogens with zero attached hydrogens (tertiary/aromatic N) is 1. The Bertz CT molecular complexity index is 967. The monoisotopic (exact) mass is 452 g/mol. The van der Waals surface area contributed by atoms with E-state index in [1.54, 1.807) is 30.2 Å². The normalized spacial score (nSPS) is 15.0. The van der Waals surface area contributed by atoms with Gasteiger partial charge in [-0.05, 0) is 67.2 Å². The van der Waals surface area contributed by atoms with Crippen molar-refractivity contribution in [3.05, 3.63) is 82.0 Å². The Morgan fingerprint density at radius 3 is 2.58 bits per heavy atom. The van der Waals surface area contributed by atoms with Crippen molar-refractivity contribution >= 4 is 29.0 Å². The molecule has 0 radical (unpaired) electrons. The number of carbonyl (C=O) groups is 1. The number of amides is 1. The lowest BCUT2D eigenvalue weighted by atomic mass is 10.0. The summed E-state index contributed by atoms with van der Waals surface area (Å²) in [6.45, 7) is 2.73. The Morgan fingerprint density at radius 2 is 1.87 bits per heavy atom. The van der Waals surface area contributed by atoms with Crippen LogP contribution in [-0.4, -0.2) is 37.6 Å². The molecule has 0 bridgehead atoms. The van der Waals surface area contributed by atoms with E-state index >= 15 is 0 Å². The van der Waals surface area contributed by atoms with Crippen LogP contribution >= 0.6 is 23.1 Å². The zero-order chi connectivity index (χ0) is 21.5. The quantitative estimate of drug-likeness (QED) is 0.428. The maximum atomic E-state index is 13.1. The summed E-state index contributed by atoms with van der Waals surface area (Å²) in [4.78, 5) is 17.9. The third kappa shape index (κ3) is 5.70. The summed E-state index contributed by atoms with van der Waals surface area (Å²) in [5, 5.41) is 5.30. The molecule has 1 aromatic heterocycles. The average Bonchev–Trinajstić information content (AvgIpc) is 3.53. The van der Waals surface area contributed by atoms with Crippen molar-refractivity contribution in [1.29, 1.82) is 0 Å². The summed E-state index contributed by atoms with van der Waals surface area (Å²) in [6.07, 6.45) is 2.42. The maximum absolute atomic E-state index is 13.1. The van der Waals surface area contributed by atoms with E-state index in [0.717, 1.165) is 35.1 Å². The van der Waals surface area contributed by atoms with Gasteiger partial charge in [0.2, 0.25) is 0 Å². The van der Waals surface area contributed by atoms with Crippen LogP contribution in [0.15, 0.2) is 70.9 Å². The lowest BCUT2D eigenvalue weighted by Gasteiger charge is -2.28. The molecule has 162 valence electrons. The molecule has 1 aliphatic rings. The van der Waals surface area contributed by atoms with Gasteiger partial charge in [-0.15, -0.1) is 23.1 Å². The lowest BCUT2D eigenvalue weighted by molar-refractivity contribution is 0.0935. The zero-order valence-electron chi connectivity index (χ0n) is 17.8. The molecule has 4 nitrogen and oxygen atoms in total. The van der Waals surface area contributed by atoms with Gasteiger partial charge in [0.1, 0.15) is 5.75 Å². The van der Waals surface area contributed by atoms with E-state index in [-0.39, 0.29) is 11.9 Å². The molecule has 1 saturated heterocycles. The van der Waals surface area contributed by atoms with E-state index < -0.39 is 0 Å². The predicted molar refractivity (Wildman–Crippen MR) is 129 cm³/mol. The van der Waals surface area contributed by atoms with Gasteiger partial charge in [0.15, 0.2) is 0 Å². The second-order valence-corrected chi connectivity index (χ2v) is 9.66. The van der Waals surface area contributed by atoms with Crippen LogP contribution < -0.4 is 10.1 Å². The van der Waals surface area contributed by atoms with E-state index in [1.165, 1.54) is 23.3 Å². The van der Waals surface area contributed by atoms with Crippen LogP contribution in [0.1, 0.15) is 39.7 Å². The van der Waals surface area contributed by atoms with Crippen LogP contribution in [0.3, 0.4) is 0 Å². The second kappa shape index (κ2) is 10.8. The molecular weight excluding hydrogens is 424 g/mol. The van der Waals surface area contributed by atoms with Crippen molar-refractivity contribution in [2.75, 3.05) is 26.7 Å². The predicted octanol–water partition coefficient (Wildman–Crippen LogP) is 5.62. The van der Waals surface area contributed by atoms with Crippen molar-refractivity contribution < 1.29 is 9.53 Å². The number of hydrogen-bond acceptors (Lipinski definition) is 5. The van der Waals surface area contributed by atoms with E-state index in [9.17, 15) is 4.79 Å². The maximum Gasteiger partial charge on any atom is 0.252 e. The highest BCUT2D eigenvalue weighted by molar-refractivity contribution is 7.98. The van der Waals surface area contributed by atoms with E-state index in [2.05, 4.69) is 39.9 Å². The molecule has 1 amide bonds. The summed E-state index contributed by atoms with van der Waals surface area (Å²) in [6, 6.07) is 20.5. The fourth-order valence-corrected chi connectivity index (χ4v) is 5.77. The third-order valence-electron chi connectivity index (χ3n) is 5.62. The van der Waals surface area contributed by atoms with Crippen LogP contribution in [0.4, 0.5) is 0 Å². The first-order valence-electron chi connectivity index (χ1n) is 10.6. The van der Waals surface area contributed by atoms with Gasteiger partial charge in [0.25, 0.3) is 5.91 Å². The molecule has 6 heteroatoms. The molecule has 1 aliphatic heterocycles. The highest BCUT2D eigenvalue weighted by Gasteiger charge is 2.24. The molecule has 0 aliphatic carbocycles. The number of carbonyl (C=O) groups excluding carboxylic acids is 1. The van der Waals surface area contributed by atoms with Crippen LogP contribution in [0.2, 0.25) is 0 Å². The van der Waals surface area contributed by atoms with Gasteiger partial charge in [-0.25, -0.2) is 0 Å². The highest BCUT2D eigenvalue weighted by Crippen LogP contribution is 2.29. The Morgan fingerprint density at radius 1 is 1.10 bits per heavy atom. The SMILES string of the molecule is COc1ccc([C@@H](CNC(=O)c2ccccc2SCc2cccs2)N2CCCC2)cc1. The fourth-order valence-electron chi connectivity index (χ4n) is 3.95. The van der Waals surface area contributed by atoms with E-state index in [4.69, 9.17) is 4.74 Å². The number of thioether (sulfide) groups is 1. The molecule has 0 spiro atoms. The number of methoxy groups -OCH3 is 1. The van der Waals surface area contributed by atoms with Gasteiger partial charge in [-0.1, -0.05) is 30.3 Å². The van der Waals surface area contributed by atoms with Crippen LogP contribution in [0, 0.1) is 0 Å². The Kier molecular flexibility index (Phi) is 7.67. The van der Waals surface area contributed by atoms with Crippen molar-refractivity contribution in [3.8, 4) is 5.75 Å². The van der Waals surface area contributed by atoms with Crippen LogP contribution in [0.25, 0.3) is 0 Å². The molecule has 31 heavy (non-hydrogen) atoms. The van der Waals surface area contributed by atoms with Crippen molar-refractivity contribution in [2.45, 2.75) is 29.5 Å². The number of rotatable bonds is 9. The van der Waals surface area contributed by atoms with Gasteiger partial charge in [-0.3, -0.25) is 9.69 Å². The number of benzene rings is 2. The number of nitrogens with one attached hydrogen (secondary N) is 1. The summed E-state index contributed by atoms with van der Waals surface area (Å²) in [5.41, 5.74) is 1.96. The van der Waals surface area contributed by atoms with Gasteiger partial charge >= 0.3 is 0 Å². The third-order valence-corrected chi connectivity index (χ3v) is 7.80. The molecular formula is C25H28N2O2S2. The number of hydrogen-bond donors (Lipinski definition) is 1. The Balaban J connectivity index is 1.45. The van der Waals surface area contributed by atoms with Gasteiger partial charge < -0.3 is 10.1 Å². The average molecular weight is 453 g/mol. The molecule has 1 N–H and O–H groups in total. The molecule has 2 heterocycles. The fraction of sp³-hybridized carbons (Fsp3) is 0.320. The number of likely N-dealkylation sites (tertiary alicyclic amines) is 1. The van der Waals surface area contributed by atoms with Crippen molar-refractivity contribution in [2.24, 2.45) is 0 Å². The van der Waals surface area contributed by atoms with Gasteiger partial charge in [0, 0.05) is 22.1 Å². The molecule has 1 atom stereocenters. The van der Waals surface area contributed by atoms with Crippen LogP contribution in [0.5, 0.6) is 5.75 Å². The van der Waals surface area contributed by atoms with E-state index in [1.807, 2.05) is 36.4 Å². The molecule has 4 rings (SSSR count). The number of ether oxygens (including phenoxy) is 1. The van der Waals surface area contributed by atoms with E-state index in [0.29, 0.717) is 6.54 Å². The minimum absolute atomic E-state index is 0.00742. The standard InChI is InChI=1S/C25H28N2O2S2/c1-29-20-12-10-19(11-13-20)23(27-14-4-5-15-27)17-26-25(28)22-8-2-3-9-24(22)31-18-21-7-6-16-30-21/h2-3,6-13,16,23H,4-5,14-15,17-18H2,1H3,(H,26,28)/t23-/m1/s1.